The molecule has 2 amide bonds. The summed E-state index contributed by atoms with van der Waals surface area (Å²) in [6, 6.07) is 12.2. The van der Waals surface area contributed by atoms with Gasteiger partial charge >= 0.3 is 12.1 Å². The molecule has 4 aromatic rings. The number of fused-ring (bicyclic) bond motifs is 6. The van der Waals surface area contributed by atoms with E-state index in [-0.39, 0.29) is 30.3 Å². The van der Waals surface area contributed by atoms with Crippen LogP contribution >= 0.6 is 0 Å². The van der Waals surface area contributed by atoms with Crippen LogP contribution in [0, 0.1) is 5.41 Å². The lowest BCUT2D eigenvalue weighted by Gasteiger charge is -2.36. The van der Waals surface area contributed by atoms with Gasteiger partial charge in [0.2, 0.25) is 0 Å². The molecule has 2 aromatic carbocycles. The number of phenolic OH excluding ortho intramolecular Hbond substituents is 1. The van der Waals surface area contributed by atoms with Crippen LogP contribution in [0.1, 0.15) is 110 Å². The molecule has 0 spiro atoms. The molecule has 0 unspecified atom stereocenters. The molecule has 5 heterocycles. The number of pyridine rings is 1. The maximum absolute atomic E-state index is 14.2. The molecule has 2 fully saturated rings. The Morgan fingerprint density at radius 1 is 1.08 bits per heavy atom. The van der Waals surface area contributed by atoms with E-state index in [2.05, 4.69) is 72.6 Å². The Morgan fingerprint density at radius 2 is 1.84 bits per heavy atom. The number of hydrazine groups is 1. The van der Waals surface area contributed by atoms with Gasteiger partial charge in [-0.2, -0.15) is 0 Å². The number of rotatable bonds is 6. The third kappa shape index (κ3) is 9.59. The van der Waals surface area contributed by atoms with E-state index in [1.165, 1.54) is 10.6 Å². The summed E-state index contributed by atoms with van der Waals surface area (Å²) in [5.74, 6) is -0.836. The maximum Gasteiger partial charge on any atom is 0.408 e. The van der Waals surface area contributed by atoms with Gasteiger partial charge < -0.3 is 34.5 Å². The second-order valence-corrected chi connectivity index (χ2v) is 19.2. The first-order chi connectivity index (χ1) is 28.9. The number of nitrogens with one attached hydrogen (secondary N) is 3. The number of hydrogen-bond acceptors (Lipinski definition) is 10. The number of benzene rings is 2. The lowest BCUT2D eigenvalue weighted by molar-refractivity contribution is -0.155. The van der Waals surface area contributed by atoms with Gasteiger partial charge in [-0.3, -0.25) is 19.6 Å². The number of carbonyl (C=O) groups excluding carboxylic acids is 3. The highest BCUT2D eigenvalue weighted by Crippen LogP contribution is 2.44. The number of aryl methyl sites for hydroxylation is 1. The Morgan fingerprint density at radius 3 is 2.54 bits per heavy atom. The summed E-state index contributed by atoms with van der Waals surface area (Å²) in [4.78, 5) is 46.4. The SMILES string of the molecule is CCn1c(-c2cc(C3(C)CCNCC3)cnc2[C@H](C)OC)c2c3cc(ccc31)-c1cc(O)cc(c1)C[C@H](NC(=O)OC(C)(C)C)C(=O)N1CCC[C@H](N1)C(=O)OCC(C)(C)C2. The molecular formula is C48H64N6O7. The number of phenols is 1. The number of nitrogens with zero attached hydrogens (tertiary/aromatic N) is 3. The standard InChI is InChI=1S/C48H64N6O7/c1-10-53-40-14-13-31-24-35(40)37(42(53)36-25-33(27-50-41(36)29(2)59-9)48(8)15-17-49-18-16-48)26-47(6,7)28-60-44(57)38-12-11-19-54(52-38)43(56)39(51-45(58)61-46(3,4)5)22-30-20-32(31)23-34(55)21-30/h13-14,20-21,23-25,27,29,38-39,49,52,55H,10-12,15-19,22,26,28H2,1-9H3,(H,51,58)/t29-,38-,39-/m0/s1. The van der Waals surface area contributed by atoms with E-state index < -0.39 is 41.1 Å². The van der Waals surface area contributed by atoms with Gasteiger partial charge in [0.05, 0.1) is 24.1 Å². The van der Waals surface area contributed by atoms with Crippen molar-refractivity contribution in [2.45, 2.75) is 130 Å². The number of ether oxygens (including phenoxy) is 3. The van der Waals surface area contributed by atoms with Crippen molar-refractivity contribution in [2.75, 3.05) is 33.4 Å². The summed E-state index contributed by atoms with van der Waals surface area (Å²) < 4.78 is 20.0. The molecule has 61 heavy (non-hydrogen) atoms. The van der Waals surface area contributed by atoms with Crippen molar-refractivity contribution in [1.29, 1.82) is 0 Å². The van der Waals surface area contributed by atoms with E-state index in [1.807, 2.05) is 19.2 Å². The molecule has 13 heteroatoms. The number of hydrogen-bond donors (Lipinski definition) is 4. The number of amides is 2. The quantitative estimate of drug-likeness (QED) is 0.144. The van der Waals surface area contributed by atoms with Gasteiger partial charge in [-0.1, -0.05) is 32.9 Å². The van der Waals surface area contributed by atoms with Crippen LogP contribution < -0.4 is 16.1 Å². The number of aromatic nitrogens is 2. The zero-order chi connectivity index (χ0) is 43.9. The molecule has 0 aliphatic carbocycles. The molecule has 13 nitrogen and oxygen atoms in total. The van der Waals surface area contributed by atoms with E-state index in [0.29, 0.717) is 37.9 Å². The minimum Gasteiger partial charge on any atom is -0.508 e. The van der Waals surface area contributed by atoms with Crippen LogP contribution in [0.15, 0.2) is 48.7 Å². The number of methoxy groups -OCH3 is 1. The van der Waals surface area contributed by atoms with Crippen LogP contribution in [0.5, 0.6) is 5.75 Å². The van der Waals surface area contributed by atoms with Crippen molar-refractivity contribution in [3.63, 3.8) is 0 Å². The van der Waals surface area contributed by atoms with Gasteiger partial charge in [-0.25, -0.2) is 10.2 Å². The Kier molecular flexibility index (Phi) is 12.6. The fourth-order valence-electron chi connectivity index (χ4n) is 9.16. The predicted octanol–water partition coefficient (Wildman–Crippen LogP) is 7.50. The number of esters is 1. The van der Waals surface area contributed by atoms with E-state index >= 15 is 0 Å². The first kappa shape index (κ1) is 44.1. The van der Waals surface area contributed by atoms with Crippen LogP contribution in [0.4, 0.5) is 4.79 Å². The normalized spacial score (nSPS) is 21.4. The fourth-order valence-corrected chi connectivity index (χ4v) is 9.16. The Bertz CT molecular complexity index is 2290. The van der Waals surface area contributed by atoms with E-state index in [0.717, 1.165) is 70.5 Å². The van der Waals surface area contributed by atoms with E-state index in [4.69, 9.17) is 19.2 Å². The summed E-state index contributed by atoms with van der Waals surface area (Å²) in [7, 11) is 1.72. The topological polar surface area (TPSA) is 156 Å². The highest BCUT2D eigenvalue weighted by molar-refractivity contribution is 5.95. The Balaban J connectivity index is 1.43. The van der Waals surface area contributed by atoms with Crippen LogP contribution in [0.3, 0.4) is 0 Å². The van der Waals surface area contributed by atoms with Crippen LogP contribution in [-0.4, -0.2) is 88.7 Å². The van der Waals surface area contributed by atoms with Crippen molar-refractivity contribution in [3.05, 3.63) is 71.0 Å². The molecule has 3 aliphatic heterocycles. The van der Waals surface area contributed by atoms with Crippen LogP contribution in [0.25, 0.3) is 33.3 Å². The molecule has 2 saturated heterocycles. The van der Waals surface area contributed by atoms with Gasteiger partial charge in [0.1, 0.15) is 23.4 Å². The highest BCUT2D eigenvalue weighted by atomic mass is 16.6. The van der Waals surface area contributed by atoms with Gasteiger partial charge in [0, 0.05) is 54.7 Å². The summed E-state index contributed by atoms with van der Waals surface area (Å²) in [5.41, 5.74) is 10.3. The lowest BCUT2D eigenvalue weighted by atomic mass is 9.75. The number of alkyl carbamates (subject to hydrolysis) is 1. The van der Waals surface area contributed by atoms with Crippen LogP contribution in [-0.2, 0) is 48.6 Å². The van der Waals surface area contributed by atoms with Gasteiger partial charge in [0.15, 0.2) is 0 Å². The van der Waals surface area contributed by atoms with Crippen LogP contribution in [0.2, 0.25) is 0 Å². The minimum atomic E-state index is -1.07. The minimum absolute atomic E-state index is 0.0324. The molecule has 2 aromatic heterocycles. The number of piperidine rings is 1. The Hall–Kier alpha value is -4.98. The zero-order valence-corrected chi connectivity index (χ0v) is 37.4. The largest absolute Gasteiger partial charge is 0.508 e. The summed E-state index contributed by atoms with van der Waals surface area (Å²) >= 11 is 0. The van der Waals surface area contributed by atoms with Crippen molar-refractivity contribution in [2.24, 2.45) is 5.41 Å². The maximum atomic E-state index is 14.2. The smallest absolute Gasteiger partial charge is 0.408 e. The molecule has 328 valence electrons. The van der Waals surface area contributed by atoms with E-state index in [1.54, 1.807) is 40.0 Å². The lowest BCUT2D eigenvalue weighted by Crippen LogP contribution is -2.60. The highest BCUT2D eigenvalue weighted by Gasteiger charge is 2.37. The van der Waals surface area contributed by atoms with Crippen molar-refractivity contribution < 1.29 is 33.7 Å². The van der Waals surface area contributed by atoms with Gasteiger partial charge in [-0.05, 0) is 143 Å². The van der Waals surface area contributed by atoms with E-state index in [9.17, 15) is 19.5 Å². The monoisotopic (exact) mass is 836 g/mol. The molecule has 6 bridgehead atoms. The summed E-state index contributed by atoms with van der Waals surface area (Å²) in [6.45, 7) is 19.1. The number of cyclic esters (lactones) is 1. The molecular weight excluding hydrogens is 773 g/mol. The number of aromatic hydroxyl groups is 1. The van der Waals surface area contributed by atoms with Crippen molar-refractivity contribution >= 4 is 28.9 Å². The molecule has 7 rings (SSSR count). The average Bonchev–Trinajstić information content (AvgIpc) is 3.52. The molecule has 3 aliphatic rings. The molecule has 3 atom stereocenters. The first-order valence-corrected chi connectivity index (χ1v) is 21.8. The second kappa shape index (κ2) is 17.4. The first-order valence-electron chi connectivity index (χ1n) is 21.8. The summed E-state index contributed by atoms with van der Waals surface area (Å²) in [5, 5.41) is 20.0. The number of carbonyl (C=O) groups is 3. The predicted molar refractivity (Wildman–Crippen MR) is 236 cm³/mol. The second-order valence-electron chi connectivity index (χ2n) is 19.2. The molecule has 0 saturated carbocycles. The average molecular weight is 837 g/mol. The van der Waals surface area contributed by atoms with Gasteiger partial charge in [0.25, 0.3) is 5.91 Å². The molecule has 0 radical (unpaired) electrons. The zero-order valence-electron chi connectivity index (χ0n) is 37.4. The van der Waals surface area contributed by atoms with Crippen molar-refractivity contribution in [3.8, 4) is 28.1 Å². The third-order valence-corrected chi connectivity index (χ3v) is 12.5. The summed E-state index contributed by atoms with van der Waals surface area (Å²) in [6.07, 6.45) is 4.69. The molecule has 4 N–H and O–H groups in total. The van der Waals surface area contributed by atoms with Gasteiger partial charge in [-0.15, -0.1) is 0 Å². The Labute approximate surface area is 359 Å². The third-order valence-electron chi connectivity index (χ3n) is 12.5. The fraction of sp³-hybridized carbons (Fsp3) is 0.542. The van der Waals surface area contributed by atoms with Crippen molar-refractivity contribution in [1.82, 2.24) is 30.6 Å².